The fourth-order valence-electron chi connectivity index (χ4n) is 3.46. The highest BCUT2D eigenvalue weighted by atomic mass is 32.1. The number of piperazine rings is 1. The van der Waals surface area contributed by atoms with E-state index in [4.69, 9.17) is 12.2 Å². The summed E-state index contributed by atoms with van der Waals surface area (Å²) in [6.45, 7) is 7.95. The van der Waals surface area contributed by atoms with Gasteiger partial charge in [-0.15, -0.1) is 0 Å². The van der Waals surface area contributed by atoms with Crippen LogP contribution in [0.4, 0.5) is 5.69 Å². The number of benzene rings is 1. The highest BCUT2D eigenvalue weighted by molar-refractivity contribution is 7.80. The lowest BCUT2D eigenvalue weighted by Crippen LogP contribution is -2.48. The van der Waals surface area contributed by atoms with E-state index in [9.17, 15) is 0 Å². The van der Waals surface area contributed by atoms with Gasteiger partial charge >= 0.3 is 0 Å². The van der Waals surface area contributed by atoms with Crippen molar-refractivity contribution in [2.24, 2.45) is 0 Å². The van der Waals surface area contributed by atoms with Gasteiger partial charge in [0.1, 0.15) is 11.0 Å². The van der Waals surface area contributed by atoms with E-state index >= 15 is 0 Å². The first-order valence-corrected chi connectivity index (χ1v) is 9.91. The maximum absolute atomic E-state index is 5.70. The molecule has 0 unspecified atom stereocenters. The summed E-state index contributed by atoms with van der Waals surface area (Å²) in [4.78, 5) is 10.3. The summed E-state index contributed by atoms with van der Waals surface area (Å²) < 4.78 is 8.62. The molecule has 3 aromatic rings. The normalized spacial score (nSPS) is 14.8. The van der Waals surface area contributed by atoms with Gasteiger partial charge in [-0.3, -0.25) is 4.98 Å². The molecule has 0 amide bonds. The molecule has 134 valence electrons. The van der Waals surface area contributed by atoms with E-state index in [2.05, 4.69) is 60.8 Å². The molecule has 1 saturated heterocycles. The summed E-state index contributed by atoms with van der Waals surface area (Å²) in [6, 6.07) is 10.5. The van der Waals surface area contributed by atoms with E-state index in [0.717, 1.165) is 60.0 Å². The number of hydrogen-bond acceptors (Lipinski definition) is 6. The lowest BCUT2D eigenvalue weighted by atomic mass is 10.1. The van der Waals surface area contributed by atoms with Crippen LogP contribution in [0.2, 0.25) is 0 Å². The third-order valence-corrected chi connectivity index (χ3v) is 5.68. The minimum atomic E-state index is 0.744. The van der Waals surface area contributed by atoms with Crippen LogP contribution in [-0.2, 0) is 6.42 Å². The van der Waals surface area contributed by atoms with Gasteiger partial charge in [-0.05, 0) is 49.7 Å². The quantitative estimate of drug-likeness (QED) is 0.646. The molecule has 0 atom stereocenters. The number of aromatic nitrogens is 3. The molecule has 0 radical (unpaired) electrons. The predicted octanol–water partition coefficient (Wildman–Crippen LogP) is 3.40. The van der Waals surface area contributed by atoms with Gasteiger partial charge in [0.05, 0.1) is 16.7 Å². The second kappa shape index (κ2) is 7.25. The van der Waals surface area contributed by atoms with E-state index in [1.165, 1.54) is 23.0 Å². The van der Waals surface area contributed by atoms with Crippen LogP contribution in [0.3, 0.4) is 0 Å². The SMILES string of the molecule is Cc1cc(C)nc(CC(=S)N2CCN(c3ccc4nsnc4c3)CC2)c1. The molecule has 1 fully saturated rings. The Morgan fingerprint density at radius 2 is 1.81 bits per heavy atom. The van der Waals surface area contributed by atoms with Gasteiger partial charge in [-0.1, -0.05) is 12.2 Å². The predicted molar refractivity (Wildman–Crippen MR) is 111 cm³/mol. The zero-order chi connectivity index (χ0) is 18.1. The van der Waals surface area contributed by atoms with E-state index < -0.39 is 0 Å². The first-order chi connectivity index (χ1) is 12.6. The van der Waals surface area contributed by atoms with Gasteiger partial charge in [0.2, 0.25) is 0 Å². The molecule has 1 aliphatic rings. The molecule has 26 heavy (non-hydrogen) atoms. The highest BCUT2D eigenvalue weighted by Gasteiger charge is 2.20. The van der Waals surface area contributed by atoms with Crippen LogP contribution in [0.5, 0.6) is 0 Å². The molecule has 1 aromatic carbocycles. The van der Waals surface area contributed by atoms with Crippen LogP contribution in [0, 0.1) is 13.8 Å². The molecule has 0 saturated carbocycles. The monoisotopic (exact) mass is 383 g/mol. The van der Waals surface area contributed by atoms with Gasteiger partial charge in [0.25, 0.3) is 0 Å². The number of thiocarbonyl (C=S) groups is 1. The number of fused-ring (bicyclic) bond motifs is 1. The molecule has 0 spiro atoms. The number of rotatable bonds is 3. The van der Waals surface area contributed by atoms with Crippen LogP contribution in [0.25, 0.3) is 11.0 Å². The Bertz CT molecular complexity index is 924. The third-order valence-electron chi connectivity index (χ3n) is 4.72. The lowest BCUT2D eigenvalue weighted by Gasteiger charge is -2.37. The van der Waals surface area contributed by atoms with Gasteiger partial charge in [0, 0.05) is 49.7 Å². The first kappa shape index (κ1) is 17.3. The fourth-order valence-corrected chi connectivity index (χ4v) is 4.31. The van der Waals surface area contributed by atoms with Gasteiger partial charge in [-0.25, -0.2) is 0 Å². The smallest absolute Gasteiger partial charge is 0.106 e. The minimum absolute atomic E-state index is 0.744. The topological polar surface area (TPSA) is 45.2 Å². The molecular formula is C19H21N5S2. The van der Waals surface area contributed by atoms with E-state index in [-0.39, 0.29) is 0 Å². The zero-order valence-electron chi connectivity index (χ0n) is 15.0. The molecule has 2 aromatic heterocycles. The van der Waals surface area contributed by atoms with Crippen LogP contribution in [0.15, 0.2) is 30.3 Å². The molecule has 0 bridgehead atoms. The molecule has 3 heterocycles. The van der Waals surface area contributed by atoms with Crippen LogP contribution in [-0.4, -0.2) is 49.8 Å². The van der Waals surface area contributed by atoms with E-state index in [1.807, 2.05) is 6.92 Å². The first-order valence-electron chi connectivity index (χ1n) is 8.78. The fraction of sp³-hybridized carbons (Fsp3) is 0.368. The third kappa shape index (κ3) is 3.68. The minimum Gasteiger partial charge on any atom is -0.368 e. The van der Waals surface area contributed by atoms with Gasteiger partial charge < -0.3 is 9.80 Å². The molecule has 0 N–H and O–H groups in total. The zero-order valence-corrected chi connectivity index (χ0v) is 16.6. The van der Waals surface area contributed by atoms with Crippen molar-refractivity contribution in [2.45, 2.75) is 20.3 Å². The lowest BCUT2D eigenvalue weighted by molar-refractivity contribution is 0.387. The Hall–Kier alpha value is -2.12. The number of aryl methyl sites for hydroxylation is 2. The standard InChI is InChI=1S/C19H21N5S2/c1-13-9-14(2)20-15(10-13)11-19(25)24-7-5-23(6-8-24)16-3-4-17-18(12-16)22-26-21-17/h3-4,9-10,12H,5-8,11H2,1-2H3. The molecule has 0 aliphatic carbocycles. The van der Waals surface area contributed by atoms with Crippen LogP contribution in [0.1, 0.15) is 17.0 Å². The summed E-state index contributed by atoms with van der Waals surface area (Å²) in [6.07, 6.45) is 0.744. The summed E-state index contributed by atoms with van der Waals surface area (Å²) in [7, 11) is 0. The van der Waals surface area contributed by atoms with Crippen molar-refractivity contribution in [3.63, 3.8) is 0 Å². The number of nitrogens with zero attached hydrogens (tertiary/aromatic N) is 5. The van der Waals surface area contributed by atoms with Crippen molar-refractivity contribution in [3.8, 4) is 0 Å². The number of hydrogen-bond donors (Lipinski definition) is 0. The Balaban J connectivity index is 1.38. The van der Waals surface area contributed by atoms with Crippen molar-refractivity contribution in [1.82, 2.24) is 18.6 Å². The van der Waals surface area contributed by atoms with Crippen LogP contribution >= 0.6 is 23.9 Å². The maximum Gasteiger partial charge on any atom is 0.106 e. The average Bonchev–Trinajstić information content (AvgIpc) is 3.08. The molecular weight excluding hydrogens is 362 g/mol. The van der Waals surface area contributed by atoms with Crippen molar-refractivity contribution in [2.75, 3.05) is 31.1 Å². The largest absolute Gasteiger partial charge is 0.368 e. The van der Waals surface area contributed by atoms with Crippen LogP contribution < -0.4 is 4.90 Å². The highest BCUT2D eigenvalue weighted by Crippen LogP contribution is 2.22. The van der Waals surface area contributed by atoms with Gasteiger partial charge in [0.15, 0.2) is 0 Å². The Labute approximate surface area is 163 Å². The molecule has 5 nitrogen and oxygen atoms in total. The Morgan fingerprint density at radius 1 is 1.04 bits per heavy atom. The second-order valence-electron chi connectivity index (χ2n) is 6.76. The number of pyridine rings is 1. The van der Waals surface area contributed by atoms with Crippen molar-refractivity contribution in [3.05, 3.63) is 47.3 Å². The Morgan fingerprint density at radius 3 is 2.58 bits per heavy atom. The summed E-state index contributed by atoms with van der Waals surface area (Å²) >= 11 is 6.97. The van der Waals surface area contributed by atoms with Crippen molar-refractivity contribution in [1.29, 1.82) is 0 Å². The van der Waals surface area contributed by atoms with E-state index in [1.54, 1.807) is 0 Å². The summed E-state index contributed by atoms with van der Waals surface area (Å²) in [5, 5.41) is 0. The summed E-state index contributed by atoms with van der Waals surface area (Å²) in [5.74, 6) is 0. The van der Waals surface area contributed by atoms with Gasteiger partial charge in [-0.2, -0.15) is 8.75 Å². The maximum atomic E-state index is 5.70. The molecule has 7 heteroatoms. The molecule has 1 aliphatic heterocycles. The van der Waals surface area contributed by atoms with E-state index in [0.29, 0.717) is 0 Å². The summed E-state index contributed by atoms with van der Waals surface area (Å²) in [5.41, 5.74) is 6.53. The van der Waals surface area contributed by atoms with Crippen molar-refractivity contribution < 1.29 is 0 Å². The number of anilines is 1. The Kier molecular flexibility index (Phi) is 4.82. The second-order valence-corrected chi connectivity index (χ2v) is 7.76. The average molecular weight is 384 g/mol. The van der Waals surface area contributed by atoms with Crippen molar-refractivity contribution >= 4 is 45.7 Å². The molecule has 4 rings (SSSR count).